The Kier molecular flexibility index (Phi) is 4.97. The average Bonchev–Trinajstić information content (AvgIpc) is 3.04. The van der Waals surface area contributed by atoms with Gasteiger partial charge in [0.2, 0.25) is 0 Å². The van der Waals surface area contributed by atoms with Gasteiger partial charge in [0.1, 0.15) is 11.4 Å². The highest BCUT2D eigenvalue weighted by molar-refractivity contribution is 5.96. The number of benzene rings is 1. The molecule has 0 fully saturated rings. The fraction of sp³-hybridized carbons (Fsp3) is 0.316. The van der Waals surface area contributed by atoms with E-state index in [1.807, 2.05) is 24.3 Å². The summed E-state index contributed by atoms with van der Waals surface area (Å²) in [5, 5.41) is 3.80. The van der Waals surface area contributed by atoms with Crippen LogP contribution in [0.5, 0.6) is 5.75 Å². The van der Waals surface area contributed by atoms with Gasteiger partial charge in [-0.05, 0) is 18.1 Å². The van der Waals surface area contributed by atoms with Crippen molar-refractivity contribution in [1.29, 1.82) is 0 Å². The van der Waals surface area contributed by atoms with Crippen LogP contribution in [-0.2, 0) is 13.1 Å². The molecule has 0 spiro atoms. The SMILES string of the molecule is COc1cc(C(=O)NCc2cncn2CC(C)C)nc2ccccc12. The standard InChI is InChI=1S/C19H22N4O2/c1-13(2)11-23-12-20-9-14(23)10-21-19(24)17-8-18(25-3)15-6-4-5-7-16(15)22-17/h4-9,12-13H,10-11H2,1-3H3,(H,21,24). The highest BCUT2D eigenvalue weighted by Crippen LogP contribution is 2.24. The van der Waals surface area contributed by atoms with Crippen LogP contribution in [0.15, 0.2) is 42.9 Å². The van der Waals surface area contributed by atoms with E-state index in [1.165, 1.54) is 0 Å². The number of carbonyl (C=O) groups excluding carboxylic acids is 1. The maximum absolute atomic E-state index is 12.5. The maximum atomic E-state index is 12.5. The van der Waals surface area contributed by atoms with E-state index in [-0.39, 0.29) is 5.91 Å². The van der Waals surface area contributed by atoms with Gasteiger partial charge in [0, 0.05) is 24.2 Å². The average molecular weight is 338 g/mol. The number of hydrogen-bond acceptors (Lipinski definition) is 4. The molecule has 0 bridgehead atoms. The Morgan fingerprint density at radius 1 is 1.32 bits per heavy atom. The number of aromatic nitrogens is 3. The largest absolute Gasteiger partial charge is 0.496 e. The smallest absolute Gasteiger partial charge is 0.270 e. The minimum Gasteiger partial charge on any atom is -0.496 e. The summed E-state index contributed by atoms with van der Waals surface area (Å²) in [6.07, 6.45) is 3.57. The first kappa shape index (κ1) is 17.0. The van der Waals surface area contributed by atoms with Gasteiger partial charge in [-0.3, -0.25) is 4.79 Å². The fourth-order valence-electron chi connectivity index (χ4n) is 2.74. The van der Waals surface area contributed by atoms with Gasteiger partial charge >= 0.3 is 0 Å². The first-order chi connectivity index (χ1) is 12.1. The summed E-state index contributed by atoms with van der Waals surface area (Å²) in [4.78, 5) is 21.1. The zero-order valence-corrected chi connectivity index (χ0v) is 14.7. The second-order valence-corrected chi connectivity index (χ2v) is 6.34. The predicted octanol–water partition coefficient (Wildman–Crippen LogP) is 3.03. The molecule has 1 amide bonds. The quantitative estimate of drug-likeness (QED) is 0.750. The van der Waals surface area contributed by atoms with Crippen LogP contribution < -0.4 is 10.1 Å². The Morgan fingerprint density at radius 2 is 2.12 bits per heavy atom. The molecule has 3 rings (SSSR count). The molecule has 2 aromatic heterocycles. The fourth-order valence-corrected chi connectivity index (χ4v) is 2.74. The Bertz CT molecular complexity index is 886. The summed E-state index contributed by atoms with van der Waals surface area (Å²) >= 11 is 0. The number of hydrogen-bond donors (Lipinski definition) is 1. The minimum atomic E-state index is -0.235. The molecule has 0 aliphatic rings. The normalized spacial score (nSPS) is 11.0. The van der Waals surface area contributed by atoms with Gasteiger partial charge < -0.3 is 14.6 Å². The van der Waals surface area contributed by atoms with Gasteiger partial charge in [-0.2, -0.15) is 0 Å². The molecule has 2 heterocycles. The number of ether oxygens (including phenoxy) is 1. The number of rotatable bonds is 6. The summed E-state index contributed by atoms with van der Waals surface area (Å²) < 4.78 is 7.45. The molecular formula is C19H22N4O2. The van der Waals surface area contributed by atoms with Gasteiger partial charge in [-0.15, -0.1) is 0 Å². The third kappa shape index (κ3) is 3.79. The lowest BCUT2D eigenvalue weighted by Crippen LogP contribution is -2.25. The van der Waals surface area contributed by atoms with Crippen LogP contribution in [-0.4, -0.2) is 27.6 Å². The zero-order chi connectivity index (χ0) is 17.8. The number of pyridine rings is 1. The number of imidazole rings is 1. The van der Waals surface area contributed by atoms with Gasteiger partial charge in [0.05, 0.1) is 31.2 Å². The van der Waals surface area contributed by atoms with E-state index < -0.39 is 0 Å². The lowest BCUT2D eigenvalue weighted by molar-refractivity contribution is 0.0945. The molecular weight excluding hydrogens is 316 g/mol. The molecule has 6 nitrogen and oxygen atoms in total. The number of fused-ring (bicyclic) bond motifs is 1. The number of methoxy groups -OCH3 is 1. The van der Waals surface area contributed by atoms with Crippen molar-refractivity contribution in [2.24, 2.45) is 5.92 Å². The molecule has 0 atom stereocenters. The molecule has 0 saturated carbocycles. The van der Waals surface area contributed by atoms with Gasteiger partial charge in [-0.25, -0.2) is 9.97 Å². The predicted molar refractivity (Wildman–Crippen MR) is 96.5 cm³/mol. The molecule has 130 valence electrons. The van der Waals surface area contributed by atoms with Gasteiger partial charge in [0.15, 0.2) is 0 Å². The van der Waals surface area contributed by atoms with E-state index in [1.54, 1.807) is 25.7 Å². The topological polar surface area (TPSA) is 69.0 Å². The number of carbonyl (C=O) groups is 1. The van der Waals surface area contributed by atoms with Crippen molar-refractivity contribution in [3.05, 3.63) is 54.2 Å². The third-order valence-corrected chi connectivity index (χ3v) is 3.92. The molecule has 0 radical (unpaired) electrons. The van der Waals surface area contributed by atoms with Crippen molar-refractivity contribution < 1.29 is 9.53 Å². The van der Waals surface area contributed by atoms with E-state index in [2.05, 4.69) is 33.7 Å². The Balaban J connectivity index is 1.78. The second kappa shape index (κ2) is 7.34. The Morgan fingerprint density at radius 3 is 2.88 bits per heavy atom. The van der Waals surface area contributed by atoms with Crippen molar-refractivity contribution >= 4 is 16.8 Å². The van der Waals surface area contributed by atoms with Crippen molar-refractivity contribution in [2.45, 2.75) is 26.9 Å². The van der Waals surface area contributed by atoms with Crippen LogP contribution in [0.2, 0.25) is 0 Å². The first-order valence-corrected chi connectivity index (χ1v) is 8.29. The molecule has 25 heavy (non-hydrogen) atoms. The summed E-state index contributed by atoms with van der Waals surface area (Å²) in [5.74, 6) is 0.914. The van der Waals surface area contributed by atoms with E-state index in [9.17, 15) is 4.79 Å². The monoisotopic (exact) mass is 338 g/mol. The lowest BCUT2D eigenvalue weighted by atomic mass is 10.1. The van der Waals surface area contributed by atoms with Crippen LogP contribution in [0.25, 0.3) is 10.9 Å². The number of amides is 1. The van der Waals surface area contributed by atoms with Crippen LogP contribution in [0.4, 0.5) is 0 Å². The molecule has 3 aromatic rings. The highest BCUT2D eigenvalue weighted by Gasteiger charge is 2.13. The minimum absolute atomic E-state index is 0.235. The van der Waals surface area contributed by atoms with Crippen molar-refractivity contribution in [2.75, 3.05) is 7.11 Å². The van der Waals surface area contributed by atoms with Gasteiger partial charge in [-0.1, -0.05) is 26.0 Å². The van der Waals surface area contributed by atoms with Crippen LogP contribution in [0.1, 0.15) is 30.0 Å². The maximum Gasteiger partial charge on any atom is 0.270 e. The van der Waals surface area contributed by atoms with Crippen LogP contribution >= 0.6 is 0 Å². The summed E-state index contributed by atoms with van der Waals surface area (Å²) in [7, 11) is 1.59. The number of para-hydroxylation sites is 1. The van der Waals surface area contributed by atoms with E-state index in [4.69, 9.17) is 4.74 Å². The van der Waals surface area contributed by atoms with Crippen molar-refractivity contribution in [3.8, 4) is 5.75 Å². The molecule has 0 saturated heterocycles. The molecule has 6 heteroatoms. The van der Waals surface area contributed by atoms with E-state index >= 15 is 0 Å². The first-order valence-electron chi connectivity index (χ1n) is 8.29. The van der Waals surface area contributed by atoms with E-state index in [0.29, 0.717) is 23.9 Å². The van der Waals surface area contributed by atoms with Crippen LogP contribution in [0.3, 0.4) is 0 Å². The molecule has 0 aliphatic heterocycles. The number of nitrogens with one attached hydrogen (secondary N) is 1. The molecule has 1 aromatic carbocycles. The summed E-state index contributed by atoms with van der Waals surface area (Å²) in [5.41, 5.74) is 2.04. The van der Waals surface area contributed by atoms with Gasteiger partial charge in [0.25, 0.3) is 5.91 Å². The van der Waals surface area contributed by atoms with E-state index in [0.717, 1.165) is 23.1 Å². The molecule has 1 N–H and O–H groups in total. The number of nitrogens with zero attached hydrogens (tertiary/aromatic N) is 3. The Hall–Kier alpha value is -2.89. The highest BCUT2D eigenvalue weighted by atomic mass is 16.5. The van der Waals surface area contributed by atoms with Crippen LogP contribution in [0, 0.1) is 5.92 Å². The zero-order valence-electron chi connectivity index (χ0n) is 14.7. The molecule has 0 aliphatic carbocycles. The summed E-state index contributed by atoms with van der Waals surface area (Å²) in [6.45, 7) is 5.57. The second-order valence-electron chi connectivity index (χ2n) is 6.34. The summed E-state index contributed by atoms with van der Waals surface area (Å²) in [6, 6.07) is 9.27. The lowest BCUT2D eigenvalue weighted by Gasteiger charge is -2.12. The molecule has 0 unspecified atom stereocenters. The van der Waals surface area contributed by atoms with Crippen molar-refractivity contribution in [1.82, 2.24) is 19.9 Å². The third-order valence-electron chi connectivity index (χ3n) is 3.92. The van der Waals surface area contributed by atoms with Crippen molar-refractivity contribution in [3.63, 3.8) is 0 Å². The Labute approximate surface area is 146 Å².